The standard InChI is InChI=1S/C21H23NO4/c1-15-4-6-17(7-5-15)10-13-20(23)26-16(2)21(24)22-14-18-8-11-19(25-3)12-9-18/h4-13,16H,14H2,1-3H3,(H,22,24)/b13-10+/t16-/m0/s1. The number of aryl methyl sites for hydroxylation is 1. The van der Waals surface area contributed by atoms with Gasteiger partial charge in [-0.1, -0.05) is 42.0 Å². The zero-order valence-corrected chi connectivity index (χ0v) is 15.2. The van der Waals surface area contributed by atoms with E-state index in [2.05, 4.69) is 5.32 Å². The molecule has 0 fully saturated rings. The van der Waals surface area contributed by atoms with Crippen molar-refractivity contribution >= 4 is 18.0 Å². The van der Waals surface area contributed by atoms with Crippen LogP contribution in [0.5, 0.6) is 5.75 Å². The van der Waals surface area contributed by atoms with Crippen LogP contribution in [0, 0.1) is 6.92 Å². The molecule has 0 bridgehead atoms. The van der Waals surface area contributed by atoms with E-state index in [1.54, 1.807) is 20.1 Å². The normalized spacial score (nSPS) is 11.8. The van der Waals surface area contributed by atoms with Crippen molar-refractivity contribution in [3.63, 3.8) is 0 Å². The summed E-state index contributed by atoms with van der Waals surface area (Å²) in [7, 11) is 1.60. The van der Waals surface area contributed by atoms with Crippen molar-refractivity contribution in [3.05, 3.63) is 71.3 Å². The molecule has 0 spiro atoms. The summed E-state index contributed by atoms with van der Waals surface area (Å²) in [4.78, 5) is 23.9. The van der Waals surface area contributed by atoms with E-state index < -0.39 is 12.1 Å². The minimum atomic E-state index is -0.872. The van der Waals surface area contributed by atoms with E-state index in [0.717, 1.165) is 22.4 Å². The molecule has 0 saturated carbocycles. The lowest BCUT2D eigenvalue weighted by molar-refractivity contribution is -0.150. The van der Waals surface area contributed by atoms with E-state index in [0.29, 0.717) is 6.54 Å². The number of hydrogen-bond acceptors (Lipinski definition) is 4. The highest BCUT2D eigenvalue weighted by atomic mass is 16.5. The number of rotatable bonds is 7. The molecule has 0 aromatic heterocycles. The summed E-state index contributed by atoms with van der Waals surface area (Å²) in [6.45, 7) is 3.89. The molecule has 0 saturated heterocycles. The minimum absolute atomic E-state index is 0.349. The molecule has 2 rings (SSSR count). The third kappa shape index (κ3) is 6.09. The molecule has 2 aromatic carbocycles. The van der Waals surface area contributed by atoms with E-state index in [1.807, 2.05) is 55.5 Å². The molecule has 26 heavy (non-hydrogen) atoms. The Morgan fingerprint density at radius 2 is 1.73 bits per heavy atom. The van der Waals surface area contributed by atoms with Crippen LogP contribution in [0.2, 0.25) is 0 Å². The number of nitrogens with one attached hydrogen (secondary N) is 1. The van der Waals surface area contributed by atoms with Gasteiger partial charge >= 0.3 is 5.97 Å². The summed E-state index contributed by atoms with van der Waals surface area (Å²) in [5, 5.41) is 2.74. The van der Waals surface area contributed by atoms with Crippen LogP contribution in [-0.2, 0) is 20.9 Å². The Kier molecular flexibility index (Phi) is 6.97. The second-order valence-corrected chi connectivity index (χ2v) is 5.89. The summed E-state index contributed by atoms with van der Waals surface area (Å²) in [5.41, 5.74) is 2.97. The number of ether oxygens (including phenoxy) is 2. The maximum absolute atomic E-state index is 12.0. The molecule has 0 heterocycles. The van der Waals surface area contributed by atoms with Crippen LogP contribution in [0.1, 0.15) is 23.6 Å². The average Bonchev–Trinajstić information content (AvgIpc) is 2.66. The van der Waals surface area contributed by atoms with Crippen molar-refractivity contribution in [2.24, 2.45) is 0 Å². The minimum Gasteiger partial charge on any atom is -0.497 e. The number of carbonyl (C=O) groups excluding carboxylic acids is 2. The Bertz CT molecular complexity index is 764. The zero-order valence-electron chi connectivity index (χ0n) is 15.2. The molecule has 5 nitrogen and oxygen atoms in total. The van der Waals surface area contributed by atoms with Gasteiger partial charge in [0.2, 0.25) is 0 Å². The number of hydrogen-bond donors (Lipinski definition) is 1. The molecule has 1 amide bonds. The summed E-state index contributed by atoms with van der Waals surface area (Å²) >= 11 is 0. The SMILES string of the molecule is COc1ccc(CNC(=O)[C@H](C)OC(=O)/C=C/c2ccc(C)cc2)cc1. The molecule has 136 valence electrons. The molecule has 0 radical (unpaired) electrons. The van der Waals surface area contributed by atoms with Gasteiger partial charge in [-0.15, -0.1) is 0 Å². The van der Waals surface area contributed by atoms with E-state index in [1.165, 1.54) is 6.08 Å². The van der Waals surface area contributed by atoms with Crippen molar-refractivity contribution < 1.29 is 19.1 Å². The molecule has 1 atom stereocenters. The number of methoxy groups -OCH3 is 1. The van der Waals surface area contributed by atoms with E-state index in [-0.39, 0.29) is 5.91 Å². The largest absolute Gasteiger partial charge is 0.497 e. The van der Waals surface area contributed by atoms with Crippen LogP contribution >= 0.6 is 0 Å². The lowest BCUT2D eigenvalue weighted by Crippen LogP contribution is -2.35. The van der Waals surface area contributed by atoms with Crippen molar-refractivity contribution in [2.45, 2.75) is 26.5 Å². The van der Waals surface area contributed by atoms with E-state index >= 15 is 0 Å². The number of esters is 1. The first kappa shape index (κ1) is 19.2. The summed E-state index contributed by atoms with van der Waals surface area (Å²) < 4.78 is 10.2. The predicted molar refractivity (Wildman–Crippen MR) is 101 cm³/mol. The highest BCUT2D eigenvalue weighted by Crippen LogP contribution is 2.11. The molecule has 0 aliphatic carbocycles. The number of benzene rings is 2. The molecule has 0 aliphatic rings. The zero-order chi connectivity index (χ0) is 18.9. The first-order chi connectivity index (χ1) is 12.5. The van der Waals surface area contributed by atoms with Gasteiger partial charge in [-0.05, 0) is 43.2 Å². The molecular weight excluding hydrogens is 330 g/mol. The van der Waals surface area contributed by atoms with Gasteiger partial charge in [0.25, 0.3) is 5.91 Å². The molecule has 0 unspecified atom stereocenters. The molecule has 2 aromatic rings. The van der Waals surface area contributed by atoms with Gasteiger partial charge in [0.15, 0.2) is 6.10 Å². The van der Waals surface area contributed by atoms with Crippen LogP contribution in [0.3, 0.4) is 0 Å². The maximum atomic E-state index is 12.0. The average molecular weight is 353 g/mol. The summed E-state index contributed by atoms with van der Waals surface area (Å²) in [5.74, 6) is -0.154. The fourth-order valence-electron chi connectivity index (χ4n) is 2.19. The summed E-state index contributed by atoms with van der Waals surface area (Å²) in [6.07, 6.45) is 2.10. The van der Waals surface area contributed by atoms with Gasteiger partial charge in [-0.3, -0.25) is 4.79 Å². The Balaban J connectivity index is 1.79. The lowest BCUT2D eigenvalue weighted by atomic mass is 10.1. The molecule has 0 aliphatic heterocycles. The topological polar surface area (TPSA) is 64.6 Å². The first-order valence-corrected chi connectivity index (χ1v) is 8.34. The fourth-order valence-corrected chi connectivity index (χ4v) is 2.19. The molecular formula is C21H23NO4. The van der Waals surface area contributed by atoms with Crippen LogP contribution < -0.4 is 10.1 Å². The van der Waals surface area contributed by atoms with Crippen molar-refractivity contribution in [3.8, 4) is 5.75 Å². The third-order valence-corrected chi connectivity index (χ3v) is 3.78. The smallest absolute Gasteiger partial charge is 0.331 e. The van der Waals surface area contributed by atoms with Crippen molar-refractivity contribution in [2.75, 3.05) is 7.11 Å². The monoisotopic (exact) mass is 353 g/mol. The molecule has 5 heteroatoms. The Morgan fingerprint density at radius 1 is 1.08 bits per heavy atom. The third-order valence-electron chi connectivity index (χ3n) is 3.78. The van der Waals surface area contributed by atoms with Gasteiger partial charge in [-0.25, -0.2) is 4.79 Å². The van der Waals surface area contributed by atoms with Gasteiger partial charge in [-0.2, -0.15) is 0 Å². The second-order valence-electron chi connectivity index (χ2n) is 5.89. The van der Waals surface area contributed by atoms with Gasteiger partial charge in [0, 0.05) is 12.6 Å². The second kappa shape index (κ2) is 9.42. The van der Waals surface area contributed by atoms with Gasteiger partial charge in [0.1, 0.15) is 5.75 Å². The molecule has 1 N–H and O–H groups in total. The van der Waals surface area contributed by atoms with Crippen LogP contribution in [0.25, 0.3) is 6.08 Å². The van der Waals surface area contributed by atoms with Gasteiger partial charge in [0.05, 0.1) is 7.11 Å². The van der Waals surface area contributed by atoms with Crippen LogP contribution in [0.4, 0.5) is 0 Å². The highest BCUT2D eigenvalue weighted by molar-refractivity contribution is 5.90. The summed E-state index contributed by atoms with van der Waals surface area (Å²) in [6, 6.07) is 15.1. The Hall–Kier alpha value is -3.08. The van der Waals surface area contributed by atoms with E-state index in [4.69, 9.17) is 9.47 Å². The number of carbonyl (C=O) groups is 2. The Labute approximate surface area is 153 Å². The van der Waals surface area contributed by atoms with Crippen molar-refractivity contribution in [1.29, 1.82) is 0 Å². The lowest BCUT2D eigenvalue weighted by Gasteiger charge is -2.12. The fraction of sp³-hybridized carbons (Fsp3) is 0.238. The van der Waals surface area contributed by atoms with Crippen LogP contribution in [-0.4, -0.2) is 25.1 Å². The number of amides is 1. The first-order valence-electron chi connectivity index (χ1n) is 8.34. The Morgan fingerprint density at radius 3 is 2.35 bits per heavy atom. The van der Waals surface area contributed by atoms with Gasteiger partial charge < -0.3 is 14.8 Å². The van der Waals surface area contributed by atoms with E-state index in [9.17, 15) is 9.59 Å². The highest BCUT2D eigenvalue weighted by Gasteiger charge is 2.16. The maximum Gasteiger partial charge on any atom is 0.331 e. The van der Waals surface area contributed by atoms with Crippen molar-refractivity contribution in [1.82, 2.24) is 5.32 Å². The predicted octanol–water partition coefficient (Wildman–Crippen LogP) is 3.26. The quantitative estimate of drug-likeness (QED) is 0.613. The van der Waals surface area contributed by atoms with Crippen LogP contribution in [0.15, 0.2) is 54.6 Å².